The molecule has 6 atom stereocenters. The second-order valence-corrected chi connectivity index (χ2v) is 14.3. The number of amides is 2. The number of carboxylic acids is 1. The highest BCUT2D eigenvalue weighted by atomic mass is 16.5. The highest BCUT2D eigenvalue weighted by molar-refractivity contribution is 6.31. The molecule has 1 aliphatic heterocycles. The largest absolute Gasteiger partial charge is 0.508 e. The number of nitrogens with zero attached hydrogens (tertiary/aromatic N) is 1. The Hall–Kier alpha value is -6.09. The first-order valence-electron chi connectivity index (χ1n) is 17.9. The van der Waals surface area contributed by atoms with Gasteiger partial charge in [0.25, 0.3) is 0 Å². The number of carbonyl (C=O) groups is 5. The molecule has 1 heterocycles. The summed E-state index contributed by atoms with van der Waals surface area (Å²) in [4.78, 5) is 70.5. The van der Waals surface area contributed by atoms with Gasteiger partial charge >= 0.3 is 5.97 Å². The summed E-state index contributed by atoms with van der Waals surface area (Å²) < 4.78 is 6.04. The summed E-state index contributed by atoms with van der Waals surface area (Å²) in [6.45, 7) is 0.0242. The third kappa shape index (κ3) is 5.58. The zero-order chi connectivity index (χ0) is 36.9. The van der Waals surface area contributed by atoms with E-state index in [9.17, 15) is 24.6 Å². The van der Waals surface area contributed by atoms with E-state index in [0.717, 1.165) is 10.5 Å². The molecule has 9 nitrogen and oxygen atoms in total. The van der Waals surface area contributed by atoms with Crippen LogP contribution in [0, 0.1) is 23.7 Å². The van der Waals surface area contributed by atoms with Gasteiger partial charge in [0.1, 0.15) is 18.1 Å². The van der Waals surface area contributed by atoms with Crippen LogP contribution in [0.1, 0.15) is 47.4 Å². The first-order valence-corrected chi connectivity index (χ1v) is 17.9. The van der Waals surface area contributed by atoms with E-state index in [1.165, 1.54) is 12.1 Å². The highest BCUT2D eigenvalue weighted by Crippen LogP contribution is 2.64. The van der Waals surface area contributed by atoms with Gasteiger partial charge in [0.05, 0.1) is 23.7 Å². The number of imide groups is 1. The fourth-order valence-corrected chi connectivity index (χ4v) is 9.31. The van der Waals surface area contributed by atoms with Crippen LogP contribution in [0.2, 0.25) is 0 Å². The number of ketones is 2. The molecule has 0 radical (unpaired) electrons. The van der Waals surface area contributed by atoms with Crippen molar-refractivity contribution in [2.45, 2.75) is 37.2 Å². The van der Waals surface area contributed by atoms with Gasteiger partial charge in [-0.15, -0.1) is 0 Å². The van der Waals surface area contributed by atoms with E-state index < -0.39 is 52.8 Å². The second-order valence-electron chi connectivity index (χ2n) is 14.3. The molecule has 2 N–H and O–H groups in total. The van der Waals surface area contributed by atoms with Crippen molar-refractivity contribution < 1.29 is 38.9 Å². The third-order valence-corrected chi connectivity index (χ3v) is 11.6. The van der Waals surface area contributed by atoms with Gasteiger partial charge in [0, 0.05) is 35.6 Å². The molecule has 2 amide bonds. The minimum Gasteiger partial charge on any atom is -0.508 e. The number of fused-ring (bicyclic) bond motifs is 4. The van der Waals surface area contributed by atoms with Crippen molar-refractivity contribution in [3.05, 3.63) is 149 Å². The SMILES string of the molecule is O=C(O)CCN1C(=O)C2CC=C3C(CC4C(=O)C(c5ccccc5)=CC(=O)C4(c4ccccc4)C3c3ccc(OCc4ccccc4)cc3O)C2C1=O. The average Bonchev–Trinajstić information content (AvgIpc) is 3.43. The van der Waals surface area contributed by atoms with E-state index in [2.05, 4.69) is 0 Å². The molecule has 4 aromatic rings. The van der Waals surface area contributed by atoms with Gasteiger partial charge in [0.2, 0.25) is 11.8 Å². The predicted molar refractivity (Wildman–Crippen MR) is 194 cm³/mol. The Balaban J connectivity index is 1.30. The van der Waals surface area contributed by atoms with Gasteiger partial charge in [-0.3, -0.25) is 28.9 Å². The number of likely N-dealkylation sites (tertiary alicyclic amines) is 1. The van der Waals surface area contributed by atoms with E-state index in [1.54, 1.807) is 36.4 Å². The first kappa shape index (κ1) is 34.0. The van der Waals surface area contributed by atoms with Crippen molar-refractivity contribution in [1.29, 1.82) is 0 Å². The summed E-state index contributed by atoms with van der Waals surface area (Å²) in [6, 6.07) is 32.8. The summed E-state index contributed by atoms with van der Waals surface area (Å²) in [5.41, 5.74) is 2.04. The molecule has 3 aliphatic carbocycles. The smallest absolute Gasteiger partial charge is 0.305 e. The van der Waals surface area contributed by atoms with Crippen LogP contribution in [0.15, 0.2) is 127 Å². The minimum absolute atomic E-state index is 0.109. The van der Waals surface area contributed by atoms with Gasteiger partial charge < -0.3 is 14.9 Å². The summed E-state index contributed by atoms with van der Waals surface area (Å²) in [7, 11) is 0. The number of hydrogen-bond donors (Lipinski definition) is 2. The highest BCUT2D eigenvalue weighted by Gasteiger charge is 2.66. The topological polar surface area (TPSA) is 138 Å². The molecule has 1 saturated carbocycles. The molecule has 1 saturated heterocycles. The normalized spacial score (nSPS) is 26.3. The monoisotopic (exact) mass is 707 g/mol. The Labute approximate surface area is 306 Å². The van der Waals surface area contributed by atoms with Crippen LogP contribution in [0.3, 0.4) is 0 Å². The van der Waals surface area contributed by atoms with Gasteiger partial charge in [-0.2, -0.15) is 0 Å². The lowest BCUT2D eigenvalue weighted by Gasteiger charge is -2.55. The summed E-state index contributed by atoms with van der Waals surface area (Å²) >= 11 is 0. The molecule has 9 heteroatoms. The van der Waals surface area contributed by atoms with E-state index in [1.807, 2.05) is 72.8 Å². The van der Waals surface area contributed by atoms with Crippen molar-refractivity contribution in [1.82, 2.24) is 4.90 Å². The van der Waals surface area contributed by atoms with Gasteiger partial charge in [-0.1, -0.05) is 109 Å². The lowest BCUT2D eigenvalue weighted by molar-refractivity contribution is -0.142. The zero-order valence-corrected chi connectivity index (χ0v) is 28.8. The standard InChI is InChI=1S/C44H37NO8/c46-36-22-29(53-25-26-10-4-1-5-11-26)16-17-31(36)40-30-18-19-32-39(43(52)45(42(32)51)21-20-38(48)49)34(30)23-35-41(50)33(27-12-6-2-7-13-27)24-37(47)44(35,40)28-14-8-3-9-15-28/h1-18,22,24,32,34-35,39-40,46H,19-21,23,25H2,(H,48,49). The molecule has 53 heavy (non-hydrogen) atoms. The van der Waals surface area contributed by atoms with Crippen molar-refractivity contribution in [2.24, 2.45) is 23.7 Å². The molecule has 2 fully saturated rings. The van der Waals surface area contributed by atoms with E-state index in [4.69, 9.17) is 4.74 Å². The summed E-state index contributed by atoms with van der Waals surface area (Å²) in [5, 5.41) is 21.3. The maximum atomic E-state index is 15.2. The van der Waals surface area contributed by atoms with Gasteiger partial charge in [-0.05, 0) is 47.6 Å². The van der Waals surface area contributed by atoms with Crippen LogP contribution in [-0.2, 0) is 36.0 Å². The molecule has 4 aromatic carbocycles. The Morgan fingerprint density at radius 3 is 2.19 bits per heavy atom. The molecule has 0 aromatic heterocycles. The fraction of sp³-hybridized carbons (Fsp3) is 0.250. The number of ether oxygens (including phenoxy) is 1. The number of allylic oxidation sites excluding steroid dienone is 4. The van der Waals surface area contributed by atoms with Crippen LogP contribution >= 0.6 is 0 Å². The van der Waals surface area contributed by atoms with Crippen LogP contribution in [0.4, 0.5) is 0 Å². The maximum absolute atomic E-state index is 15.2. The Bertz CT molecular complexity index is 2190. The first-order chi connectivity index (χ1) is 25.7. The van der Waals surface area contributed by atoms with E-state index >= 15 is 9.59 Å². The number of Topliss-reactive ketones (excluding diaryl/α,β-unsaturated/α-hetero) is 1. The Morgan fingerprint density at radius 2 is 1.51 bits per heavy atom. The number of aliphatic carboxylic acids is 1. The Morgan fingerprint density at radius 1 is 0.830 bits per heavy atom. The van der Waals surface area contributed by atoms with Crippen LogP contribution in [-0.4, -0.2) is 51.0 Å². The quantitative estimate of drug-likeness (QED) is 0.153. The molecular weight excluding hydrogens is 670 g/mol. The van der Waals surface area contributed by atoms with Crippen molar-refractivity contribution in [3.63, 3.8) is 0 Å². The second kappa shape index (κ2) is 13.5. The Kier molecular flexibility index (Phi) is 8.65. The molecule has 0 spiro atoms. The lowest BCUT2D eigenvalue weighted by Crippen LogP contribution is -2.58. The number of aromatic hydroxyl groups is 1. The molecule has 6 unspecified atom stereocenters. The number of hydrogen-bond acceptors (Lipinski definition) is 7. The van der Waals surface area contributed by atoms with Gasteiger partial charge in [-0.25, -0.2) is 0 Å². The molecule has 266 valence electrons. The predicted octanol–water partition coefficient (Wildman–Crippen LogP) is 6.27. The van der Waals surface area contributed by atoms with Crippen LogP contribution in [0.25, 0.3) is 5.57 Å². The lowest BCUT2D eigenvalue weighted by atomic mass is 9.44. The van der Waals surface area contributed by atoms with E-state index in [0.29, 0.717) is 28.0 Å². The minimum atomic E-state index is -1.50. The summed E-state index contributed by atoms with van der Waals surface area (Å²) in [5.74, 6) is -6.35. The third-order valence-electron chi connectivity index (χ3n) is 11.6. The molecule has 4 aliphatic rings. The number of benzene rings is 4. The zero-order valence-electron chi connectivity index (χ0n) is 28.8. The van der Waals surface area contributed by atoms with Crippen molar-refractivity contribution >= 4 is 34.9 Å². The summed E-state index contributed by atoms with van der Waals surface area (Å²) in [6.07, 6.45) is 3.28. The van der Waals surface area contributed by atoms with Crippen LogP contribution < -0.4 is 4.74 Å². The number of carboxylic acid groups (broad SMARTS) is 1. The molecule has 0 bridgehead atoms. The number of rotatable bonds is 9. The number of phenols is 1. The van der Waals surface area contributed by atoms with E-state index in [-0.39, 0.29) is 55.3 Å². The maximum Gasteiger partial charge on any atom is 0.305 e. The number of phenolic OH excluding ortho intramolecular Hbond substituents is 1. The fourth-order valence-electron chi connectivity index (χ4n) is 9.31. The van der Waals surface area contributed by atoms with Crippen LogP contribution in [0.5, 0.6) is 11.5 Å². The molecule has 8 rings (SSSR count). The van der Waals surface area contributed by atoms with Crippen molar-refractivity contribution in [2.75, 3.05) is 6.54 Å². The number of carbonyl (C=O) groups excluding carboxylic acids is 4. The average molecular weight is 708 g/mol. The van der Waals surface area contributed by atoms with Gasteiger partial charge in [0.15, 0.2) is 11.6 Å². The molecular formula is C44H37NO8. The van der Waals surface area contributed by atoms with Crippen molar-refractivity contribution in [3.8, 4) is 11.5 Å².